The van der Waals surface area contributed by atoms with Gasteiger partial charge >= 0.3 is 18.5 Å². The third-order valence-electron chi connectivity index (χ3n) is 2.15. The molecule has 21 heavy (non-hydrogen) atoms. The molecule has 1 N–H and O–H groups in total. The van der Waals surface area contributed by atoms with Crippen LogP contribution in [0.15, 0.2) is 6.20 Å². The van der Waals surface area contributed by atoms with Crippen molar-refractivity contribution < 1.29 is 41.0 Å². The van der Waals surface area contributed by atoms with E-state index in [-0.39, 0.29) is 0 Å². The SMILES string of the molecule is O=C(O)Cc1ncc(CCl)c(C(F)(F)F)c1OC(F)(F)F. The summed E-state index contributed by atoms with van der Waals surface area (Å²) in [5.74, 6) is -4.14. The molecule has 0 aliphatic rings. The van der Waals surface area contributed by atoms with E-state index in [1.54, 1.807) is 0 Å². The smallest absolute Gasteiger partial charge is 0.481 e. The fourth-order valence-corrected chi connectivity index (χ4v) is 1.68. The molecule has 1 aromatic rings. The summed E-state index contributed by atoms with van der Waals surface area (Å²) in [5, 5.41) is 8.53. The Balaban J connectivity index is 3.58. The van der Waals surface area contributed by atoms with E-state index in [1.807, 2.05) is 0 Å². The van der Waals surface area contributed by atoms with Crippen LogP contribution in [-0.2, 0) is 23.3 Å². The van der Waals surface area contributed by atoms with Gasteiger partial charge in [0, 0.05) is 17.6 Å². The molecule has 0 saturated carbocycles. The van der Waals surface area contributed by atoms with Gasteiger partial charge in [0.1, 0.15) is 5.56 Å². The fraction of sp³-hybridized carbons (Fsp3) is 0.400. The zero-order valence-corrected chi connectivity index (χ0v) is 10.6. The molecule has 0 amide bonds. The van der Waals surface area contributed by atoms with Crippen molar-refractivity contribution in [1.29, 1.82) is 0 Å². The molecule has 0 atom stereocenters. The van der Waals surface area contributed by atoms with Gasteiger partial charge in [0.15, 0.2) is 5.75 Å². The van der Waals surface area contributed by atoms with Crippen LogP contribution in [0.2, 0.25) is 0 Å². The molecule has 0 aliphatic heterocycles. The second kappa shape index (κ2) is 5.96. The van der Waals surface area contributed by atoms with Crippen LogP contribution >= 0.6 is 11.6 Å². The highest BCUT2D eigenvalue weighted by Crippen LogP contribution is 2.42. The monoisotopic (exact) mass is 337 g/mol. The van der Waals surface area contributed by atoms with Crippen molar-refractivity contribution in [2.24, 2.45) is 0 Å². The maximum Gasteiger partial charge on any atom is 0.573 e. The summed E-state index contributed by atoms with van der Waals surface area (Å²) in [7, 11) is 0. The van der Waals surface area contributed by atoms with Crippen molar-refractivity contribution in [3.8, 4) is 5.75 Å². The third-order valence-corrected chi connectivity index (χ3v) is 2.44. The lowest BCUT2D eigenvalue weighted by Crippen LogP contribution is -2.23. The van der Waals surface area contributed by atoms with Crippen LogP contribution < -0.4 is 4.74 Å². The number of alkyl halides is 7. The summed E-state index contributed by atoms with van der Waals surface area (Å²) >= 11 is 5.25. The first-order chi connectivity index (χ1) is 9.45. The number of carbonyl (C=O) groups is 1. The summed E-state index contributed by atoms with van der Waals surface area (Å²) in [6, 6.07) is 0. The van der Waals surface area contributed by atoms with Gasteiger partial charge in [0.2, 0.25) is 0 Å². The Kier molecular flexibility index (Phi) is 4.92. The summed E-state index contributed by atoms with van der Waals surface area (Å²) in [4.78, 5) is 13.8. The Morgan fingerprint density at radius 1 is 1.29 bits per heavy atom. The van der Waals surface area contributed by atoms with Crippen LogP contribution in [0, 0.1) is 0 Å². The van der Waals surface area contributed by atoms with Gasteiger partial charge in [-0.05, 0) is 0 Å². The first-order valence-electron chi connectivity index (χ1n) is 5.07. The van der Waals surface area contributed by atoms with Gasteiger partial charge in [0.05, 0.1) is 12.1 Å². The molecule has 0 aromatic carbocycles. The maximum atomic E-state index is 12.9. The lowest BCUT2D eigenvalue weighted by Gasteiger charge is -2.19. The quantitative estimate of drug-likeness (QED) is 0.676. The predicted octanol–water partition coefficient (Wildman–Crippen LogP) is 3.36. The highest BCUT2D eigenvalue weighted by molar-refractivity contribution is 6.17. The molecule has 0 radical (unpaired) electrons. The number of halogens is 7. The number of pyridine rings is 1. The first-order valence-corrected chi connectivity index (χ1v) is 5.60. The predicted molar refractivity (Wildman–Crippen MR) is 56.8 cm³/mol. The number of aromatic nitrogens is 1. The van der Waals surface area contributed by atoms with Crippen molar-refractivity contribution in [2.75, 3.05) is 0 Å². The molecular weight excluding hydrogens is 332 g/mol. The van der Waals surface area contributed by atoms with E-state index in [9.17, 15) is 31.1 Å². The minimum Gasteiger partial charge on any atom is -0.481 e. The summed E-state index contributed by atoms with van der Waals surface area (Å²) < 4.78 is 78.8. The van der Waals surface area contributed by atoms with E-state index < -0.39 is 53.4 Å². The van der Waals surface area contributed by atoms with Gasteiger partial charge < -0.3 is 9.84 Å². The van der Waals surface area contributed by atoms with E-state index in [2.05, 4.69) is 9.72 Å². The van der Waals surface area contributed by atoms with Crippen LogP contribution in [0.4, 0.5) is 26.3 Å². The van der Waals surface area contributed by atoms with Crippen LogP contribution in [0.3, 0.4) is 0 Å². The van der Waals surface area contributed by atoms with Gasteiger partial charge in [-0.3, -0.25) is 9.78 Å². The summed E-state index contributed by atoms with van der Waals surface area (Å²) in [5.41, 5.74) is -3.54. The Bertz CT molecular complexity index is 543. The number of rotatable bonds is 4. The molecule has 4 nitrogen and oxygen atoms in total. The lowest BCUT2D eigenvalue weighted by molar-refractivity contribution is -0.276. The Morgan fingerprint density at radius 3 is 2.24 bits per heavy atom. The van der Waals surface area contributed by atoms with Crippen LogP contribution in [0.1, 0.15) is 16.8 Å². The van der Waals surface area contributed by atoms with Crippen molar-refractivity contribution in [3.63, 3.8) is 0 Å². The average molecular weight is 338 g/mol. The van der Waals surface area contributed by atoms with Crippen molar-refractivity contribution in [2.45, 2.75) is 24.8 Å². The lowest BCUT2D eigenvalue weighted by atomic mass is 10.1. The highest BCUT2D eigenvalue weighted by Gasteiger charge is 2.43. The van der Waals surface area contributed by atoms with E-state index in [0.717, 1.165) is 0 Å². The molecule has 11 heteroatoms. The number of nitrogens with zero attached hydrogens (tertiary/aromatic N) is 1. The van der Waals surface area contributed by atoms with Gasteiger partial charge in [-0.1, -0.05) is 0 Å². The topological polar surface area (TPSA) is 59.4 Å². The Morgan fingerprint density at radius 2 is 1.86 bits per heavy atom. The van der Waals surface area contributed by atoms with Crippen LogP contribution in [0.5, 0.6) is 5.75 Å². The van der Waals surface area contributed by atoms with Gasteiger partial charge in [-0.2, -0.15) is 13.2 Å². The molecule has 0 bridgehead atoms. The normalized spacial score (nSPS) is 12.3. The minimum absolute atomic E-state index is 0.567. The summed E-state index contributed by atoms with van der Waals surface area (Å²) in [6.07, 6.45) is -11.3. The van der Waals surface area contributed by atoms with Crippen molar-refractivity contribution in [3.05, 3.63) is 23.0 Å². The van der Waals surface area contributed by atoms with E-state index in [4.69, 9.17) is 16.7 Å². The Labute approximate surface area is 118 Å². The zero-order chi connectivity index (χ0) is 16.4. The zero-order valence-electron chi connectivity index (χ0n) is 9.85. The van der Waals surface area contributed by atoms with E-state index in [1.165, 1.54) is 0 Å². The van der Waals surface area contributed by atoms with Crippen molar-refractivity contribution >= 4 is 17.6 Å². The van der Waals surface area contributed by atoms with Gasteiger partial charge in [0.25, 0.3) is 0 Å². The number of ether oxygens (including phenoxy) is 1. The van der Waals surface area contributed by atoms with Gasteiger partial charge in [-0.25, -0.2) is 0 Å². The molecule has 0 unspecified atom stereocenters. The number of carboxylic acid groups (broad SMARTS) is 1. The molecule has 118 valence electrons. The molecule has 0 fully saturated rings. The summed E-state index contributed by atoms with van der Waals surface area (Å²) in [6.45, 7) is 0. The third kappa shape index (κ3) is 4.66. The molecular formula is C10H6ClF6NO3. The largest absolute Gasteiger partial charge is 0.573 e. The minimum atomic E-state index is -5.44. The molecule has 1 heterocycles. The van der Waals surface area contributed by atoms with E-state index >= 15 is 0 Å². The average Bonchev–Trinajstić information content (AvgIpc) is 2.26. The number of hydrogen-bond acceptors (Lipinski definition) is 3. The van der Waals surface area contributed by atoms with E-state index in [0.29, 0.717) is 6.20 Å². The maximum absolute atomic E-state index is 12.9. The standard InChI is InChI=1S/C10H6ClF6NO3/c11-2-4-3-18-5(1-6(19)20)8(21-10(15,16)17)7(4)9(12,13)14/h3H,1-2H2,(H,19,20). The number of carboxylic acids is 1. The van der Waals surface area contributed by atoms with Crippen LogP contribution in [0.25, 0.3) is 0 Å². The molecule has 0 spiro atoms. The Hall–Kier alpha value is -1.71. The molecule has 1 rings (SSSR count). The molecule has 0 aliphatic carbocycles. The first kappa shape index (κ1) is 17.3. The fourth-order valence-electron chi connectivity index (χ4n) is 1.48. The second-order valence-corrected chi connectivity index (χ2v) is 3.95. The molecule has 1 aromatic heterocycles. The van der Waals surface area contributed by atoms with Gasteiger partial charge in [-0.15, -0.1) is 24.8 Å². The number of hydrogen-bond donors (Lipinski definition) is 1. The van der Waals surface area contributed by atoms with Crippen LogP contribution in [-0.4, -0.2) is 22.4 Å². The molecule has 0 saturated heterocycles. The van der Waals surface area contributed by atoms with Crippen molar-refractivity contribution in [1.82, 2.24) is 4.98 Å². The highest BCUT2D eigenvalue weighted by atomic mass is 35.5. The number of aliphatic carboxylic acids is 1. The second-order valence-electron chi connectivity index (χ2n) is 3.68.